The lowest BCUT2D eigenvalue weighted by atomic mass is 9.98. The summed E-state index contributed by atoms with van der Waals surface area (Å²) in [6.45, 7) is 8.30. The number of aryl methyl sites for hydroxylation is 1. The van der Waals surface area contributed by atoms with E-state index in [0.717, 1.165) is 18.8 Å². The molecule has 3 heteroatoms. The molecule has 0 bridgehead atoms. The van der Waals surface area contributed by atoms with Gasteiger partial charge in [0.25, 0.3) is 0 Å². The molecule has 0 saturated carbocycles. The molecule has 0 aliphatic heterocycles. The summed E-state index contributed by atoms with van der Waals surface area (Å²) >= 11 is 0. The van der Waals surface area contributed by atoms with Crippen molar-refractivity contribution in [2.45, 2.75) is 26.8 Å². The Bertz CT molecular complexity index is 388. The zero-order valence-electron chi connectivity index (χ0n) is 12.5. The molecule has 0 fully saturated rings. The second-order valence-electron chi connectivity index (χ2n) is 5.00. The van der Waals surface area contributed by atoms with Gasteiger partial charge in [-0.3, -0.25) is 0 Å². The Kier molecular flexibility index (Phi) is 5.63. The van der Waals surface area contributed by atoms with Crippen molar-refractivity contribution in [3.05, 3.63) is 28.8 Å². The average molecular weight is 250 g/mol. The quantitative estimate of drug-likeness (QED) is 0.839. The minimum absolute atomic E-state index is 0.305. The molecule has 0 saturated heterocycles. The minimum atomic E-state index is 0.305. The van der Waals surface area contributed by atoms with Crippen molar-refractivity contribution in [1.29, 1.82) is 0 Å². The van der Waals surface area contributed by atoms with E-state index in [1.807, 2.05) is 0 Å². The van der Waals surface area contributed by atoms with Gasteiger partial charge >= 0.3 is 0 Å². The lowest BCUT2D eigenvalue weighted by Crippen LogP contribution is -2.31. The Labute approximate surface area is 111 Å². The molecule has 0 aliphatic carbocycles. The second kappa shape index (κ2) is 6.76. The maximum absolute atomic E-state index is 5.61. The fourth-order valence-corrected chi connectivity index (χ4v) is 2.24. The summed E-state index contributed by atoms with van der Waals surface area (Å²) in [5, 5.41) is 3.53. The van der Waals surface area contributed by atoms with Crippen LogP contribution in [0.5, 0.6) is 5.75 Å². The van der Waals surface area contributed by atoms with Gasteiger partial charge in [-0.2, -0.15) is 0 Å². The molecule has 0 spiro atoms. The first-order valence-corrected chi connectivity index (χ1v) is 6.53. The van der Waals surface area contributed by atoms with E-state index in [9.17, 15) is 0 Å². The number of methoxy groups -OCH3 is 1. The number of likely N-dealkylation sites (N-methyl/N-ethyl adjacent to an activating group) is 2. The van der Waals surface area contributed by atoms with Gasteiger partial charge in [-0.25, -0.2) is 0 Å². The third-order valence-electron chi connectivity index (χ3n) is 3.28. The van der Waals surface area contributed by atoms with Crippen LogP contribution >= 0.6 is 0 Å². The molecular formula is C15H26N2O. The van der Waals surface area contributed by atoms with Gasteiger partial charge in [0.1, 0.15) is 5.75 Å². The van der Waals surface area contributed by atoms with Crippen LogP contribution in [-0.2, 0) is 0 Å². The van der Waals surface area contributed by atoms with Crippen molar-refractivity contribution in [3.8, 4) is 5.75 Å². The topological polar surface area (TPSA) is 24.5 Å². The number of ether oxygens (including phenoxy) is 1. The van der Waals surface area contributed by atoms with Crippen LogP contribution in [0.4, 0.5) is 0 Å². The van der Waals surface area contributed by atoms with Gasteiger partial charge in [-0.15, -0.1) is 0 Å². The molecule has 102 valence electrons. The fraction of sp³-hybridized carbons (Fsp3) is 0.600. The zero-order chi connectivity index (χ0) is 13.7. The van der Waals surface area contributed by atoms with Gasteiger partial charge in [0.15, 0.2) is 0 Å². The van der Waals surface area contributed by atoms with Crippen LogP contribution in [0.3, 0.4) is 0 Å². The van der Waals surface area contributed by atoms with Crippen LogP contribution in [0.1, 0.15) is 29.7 Å². The molecule has 1 unspecified atom stereocenters. The standard InChI is InChI=1S/C15H26N2O/c1-7-16-14(10-17(4)5)13-9-8-11(2)12(3)15(13)18-6/h8-9,14,16H,7,10H2,1-6H3. The number of benzene rings is 1. The van der Waals surface area contributed by atoms with Crippen LogP contribution in [0, 0.1) is 13.8 Å². The molecule has 1 aromatic carbocycles. The number of rotatable bonds is 6. The van der Waals surface area contributed by atoms with Gasteiger partial charge in [0.05, 0.1) is 7.11 Å². The van der Waals surface area contributed by atoms with E-state index in [-0.39, 0.29) is 0 Å². The van der Waals surface area contributed by atoms with Crippen molar-refractivity contribution >= 4 is 0 Å². The summed E-state index contributed by atoms with van der Waals surface area (Å²) in [7, 11) is 5.94. The number of hydrogen-bond donors (Lipinski definition) is 1. The lowest BCUT2D eigenvalue weighted by Gasteiger charge is -2.25. The Hall–Kier alpha value is -1.06. The molecule has 1 aromatic rings. The Balaban J connectivity index is 3.14. The van der Waals surface area contributed by atoms with E-state index in [1.54, 1.807) is 7.11 Å². The van der Waals surface area contributed by atoms with E-state index in [4.69, 9.17) is 4.74 Å². The maximum Gasteiger partial charge on any atom is 0.126 e. The van der Waals surface area contributed by atoms with Crippen molar-refractivity contribution in [1.82, 2.24) is 10.2 Å². The van der Waals surface area contributed by atoms with Crippen LogP contribution in [0.25, 0.3) is 0 Å². The smallest absolute Gasteiger partial charge is 0.126 e. The average Bonchev–Trinajstić information content (AvgIpc) is 2.31. The molecule has 0 aliphatic rings. The highest BCUT2D eigenvalue weighted by molar-refractivity contribution is 5.47. The van der Waals surface area contributed by atoms with Crippen molar-refractivity contribution in [2.24, 2.45) is 0 Å². The molecule has 0 amide bonds. The fourth-order valence-electron chi connectivity index (χ4n) is 2.24. The van der Waals surface area contributed by atoms with Crippen molar-refractivity contribution in [3.63, 3.8) is 0 Å². The molecule has 1 atom stereocenters. The molecule has 1 rings (SSSR count). The first-order valence-electron chi connectivity index (χ1n) is 6.53. The monoisotopic (exact) mass is 250 g/mol. The largest absolute Gasteiger partial charge is 0.496 e. The first-order chi connectivity index (χ1) is 8.51. The Morgan fingerprint density at radius 3 is 2.44 bits per heavy atom. The summed E-state index contributed by atoms with van der Waals surface area (Å²) in [6.07, 6.45) is 0. The third-order valence-corrected chi connectivity index (χ3v) is 3.28. The number of nitrogens with zero attached hydrogens (tertiary/aromatic N) is 1. The van der Waals surface area contributed by atoms with Gasteiger partial charge in [0, 0.05) is 18.2 Å². The maximum atomic E-state index is 5.61. The summed E-state index contributed by atoms with van der Waals surface area (Å²) in [5.41, 5.74) is 3.75. The predicted molar refractivity (Wildman–Crippen MR) is 77.4 cm³/mol. The summed E-state index contributed by atoms with van der Waals surface area (Å²) in [4.78, 5) is 2.20. The molecule has 3 nitrogen and oxygen atoms in total. The first kappa shape index (κ1) is 15.0. The Morgan fingerprint density at radius 2 is 1.94 bits per heavy atom. The van der Waals surface area contributed by atoms with Crippen LogP contribution in [-0.4, -0.2) is 39.2 Å². The summed E-state index contributed by atoms with van der Waals surface area (Å²) < 4.78 is 5.61. The summed E-state index contributed by atoms with van der Waals surface area (Å²) in [6, 6.07) is 4.66. The van der Waals surface area contributed by atoms with Crippen molar-refractivity contribution < 1.29 is 4.74 Å². The van der Waals surface area contributed by atoms with Crippen LogP contribution in [0.15, 0.2) is 12.1 Å². The molecule has 0 heterocycles. The normalized spacial score (nSPS) is 12.8. The van der Waals surface area contributed by atoms with Crippen molar-refractivity contribution in [2.75, 3.05) is 34.3 Å². The molecule has 18 heavy (non-hydrogen) atoms. The van der Waals surface area contributed by atoms with Crippen LogP contribution < -0.4 is 10.1 Å². The van der Waals surface area contributed by atoms with E-state index in [2.05, 4.69) is 57.2 Å². The Morgan fingerprint density at radius 1 is 1.28 bits per heavy atom. The van der Waals surface area contributed by atoms with Crippen LogP contribution in [0.2, 0.25) is 0 Å². The van der Waals surface area contributed by atoms with E-state index >= 15 is 0 Å². The highest BCUT2D eigenvalue weighted by Crippen LogP contribution is 2.31. The minimum Gasteiger partial charge on any atom is -0.496 e. The number of hydrogen-bond acceptors (Lipinski definition) is 3. The molecule has 0 radical (unpaired) electrons. The van der Waals surface area contributed by atoms with Gasteiger partial charge in [-0.1, -0.05) is 19.1 Å². The van der Waals surface area contributed by atoms with Gasteiger partial charge < -0.3 is 15.0 Å². The predicted octanol–water partition coefficient (Wildman–Crippen LogP) is 2.52. The van der Waals surface area contributed by atoms with E-state index < -0.39 is 0 Å². The van der Waals surface area contributed by atoms with Gasteiger partial charge in [0.2, 0.25) is 0 Å². The molecule has 0 aromatic heterocycles. The van der Waals surface area contributed by atoms with E-state index in [0.29, 0.717) is 6.04 Å². The van der Waals surface area contributed by atoms with Gasteiger partial charge in [-0.05, 0) is 45.6 Å². The SMILES string of the molecule is CCNC(CN(C)C)c1ccc(C)c(C)c1OC. The lowest BCUT2D eigenvalue weighted by molar-refractivity contribution is 0.333. The third kappa shape index (κ3) is 3.47. The van der Waals surface area contributed by atoms with E-state index in [1.165, 1.54) is 16.7 Å². The molecule has 1 N–H and O–H groups in total. The molecular weight excluding hydrogens is 224 g/mol. The zero-order valence-corrected chi connectivity index (χ0v) is 12.5. The highest BCUT2D eigenvalue weighted by atomic mass is 16.5. The number of nitrogens with one attached hydrogen (secondary N) is 1. The summed E-state index contributed by atoms with van der Waals surface area (Å²) in [5.74, 6) is 1.02. The second-order valence-corrected chi connectivity index (χ2v) is 5.00. The highest BCUT2D eigenvalue weighted by Gasteiger charge is 2.18.